The zero-order chi connectivity index (χ0) is 9.19. The Morgan fingerprint density at radius 3 is 2.23 bits per heavy atom. The van der Waals surface area contributed by atoms with Gasteiger partial charge in [0.1, 0.15) is 5.75 Å². The Bertz CT molecular complexity index is 269. The minimum Gasteiger partial charge on any atom is -0.508 e. The molecule has 13 heavy (non-hydrogen) atoms. The summed E-state index contributed by atoms with van der Waals surface area (Å²) >= 11 is 0. The van der Waals surface area contributed by atoms with Gasteiger partial charge >= 0.3 is 0 Å². The van der Waals surface area contributed by atoms with E-state index in [9.17, 15) is 5.11 Å². The topological polar surface area (TPSA) is 55.2 Å². The lowest BCUT2D eigenvalue weighted by Gasteiger charge is -2.23. The summed E-state index contributed by atoms with van der Waals surface area (Å²) in [6.45, 7) is 6.41. The van der Waals surface area contributed by atoms with E-state index in [0.717, 1.165) is 12.0 Å². The SMILES string of the molecule is CCC(C)(C)c1ccccc1O.N. The molecule has 0 aliphatic heterocycles. The van der Waals surface area contributed by atoms with Crippen LogP contribution in [0.3, 0.4) is 0 Å². The normalized spacial score (nSPS) is 10.7. The Hall–Kier alpha value is -1.02. The van der Waals surface area contributed by atoms with Crippen LogP contribution in [0, 0.1) is 0 Å². The van der Waals surface area contributed by atoms with Gasteiger partial charge < -0.3 is 11.3 Å². The first-order valence-corrected chi connectivity index (χ1v) is 4.36. The van der Waals surface area contributed by atoms with Gasteiger partial charge in [-0.25, -0.2) is 0 Å². The second-order valence-electron chi connectivity index (χ2n) is 3.75. The molecule has 0 radical (unpaired) electrons. The largest absolute Gasteiger partial charge is 0.508 e. The van der Waals surface area contributed by atoms with Crippen molar-refractivity contribution >= 4 is 0 Å². The van der Waals surface area contributed by atoms with Crippen LogP contribution in [0.2, 0.25) is 0 Å². The molecule has 0 saturated heterocycles. The first-order chi connectivity index (χ1) is 5.58. The standard InChI is InChI=1S/C11H16O.H3N/c1-4-11(2,3)9-7-5-6-8-10(9)12;/h5-8,12H,4H2,1-3H3;1H3. The van der Waals surface area contributed by atoms with Gasteiger partial charge in [-0.05, 0) is 23.5 Å². The Morgan fingerprint density at radius 2 is 1.77 bits per heavy atom. The van der Waals surface area contributed by atoms with Gasteiger partial charge in [0, 0.05) is 0 Å². The van der Waals surface area contributed by atoms with E-state index < -0.39 is 0 Å². The predicted molar refractivity (Wildman–Crippen MR) is 56.4 cm³/mol. The first-order valence-electron chi connectivity index (χ1n) is 4.36. The molecular weight excluding hydrogens is 162 g/mol. The smallest absolute Gasteiger partial charge is 0.119 e. The van der Waals surface area contributed by atoms with Crippen LogP contribution in [0.25, 0.3) is 0 Å². The maximum atomic E-state index is 9.58. The van der Waals surface area contributed by atoms with Crippen molar-refractivity contribution < 1.29 is 5.11 Å². The maximum absolute atomic E-state index is 9.58. The van der Waals surface area contributed by atoms with E-state index in [4.69, 9.17) is 0 Å². The highest BCUT2D eigenvalue weighted by Crippen LogP contribution is 2.32. The fourth-order valence-electron chi connectivity index (χ4n) is 1.24. The van der Waals surface area contributed by atoms with Crippen molar-refractivity contribution in [1.82, 2.24) is 6.15 Å². The van der Waals surface area contributed by atoms with Crippen molar-refractivity contribution in [2.75, 3.05) is 0 Å². The highest BCUT2D eigenvalue weighted by Gasteiger charge is 2.20. The Morgan fingerprint density at radius 1 is 1.23 bits per heavy atom. The molecule has 0 fully saturated rings. The first kappa shape index (κ1) is 12.0. The summed E-state index contributed by atoms with van der Waals surface area (Å²) in [6.07, 6.45) is 1.03. The van der Waals surface area contributed by atoms with Crippen LogP contribution in [0.4, 0.5) is 0 Å². The molecule has 0 spiro atoms. The summed E-state index contributed by atoms with van der Waals surface area (Å²) in [5.41, 5.74) is 1.11. The van der Waals surface area contributed by atoms with Gasteiger partial charge in [0.05, 0.1) is 0 Å². The number of phenolic OH excluding ortho intramolecular Hbond substituents is 1. The summed E-state index contributed by atoms with van der Waals surface area (Å²) in [5, 5.41) is 9.58. The third kappa shape index (κ3) is 2.46. The molecule has 1 aromatic carbocycles. The van der Waals surface area contributed by atoms with Crippen LogP contribution in [-0.4, -0.2) is 5.11 Å². The number of phenols is 1. The monoisotopic (exact) mass is 181 g/mol. The van der Waals surface area contributed by atoms with Crippen molar-refractivity contribution in [1.29, 1.82) is 0 Å². The molecule has 0 amide bonds. The number of para-hydroxylation sites is 1. The lowest BCUT2D eigenvalue weighted by atomic mass is 9.82. The van der Waals surface area contributed by atoms with Crippen LogP contribution in [0.5, 0.6) is 5.75 Å². The molecule has 1 aromatic rings. The summed E-state index contributed by atoms with van der Waals surface area (Å²) in [5.74, 6) is 0.407. The zero-order valence-corrected chi connectivity index (χ0v) is 8.67. The average Bonchev–Trinajstić information content (AvgIpc) is 2.05. The van der Waals surface area contributed by atoms with E-state index in [2.05, 4.69) is 20.8 Å². The third-order valence-corrected chi connectivity index (χ3v) is 2.52. The van der Waals surface area contributed by atoms with Gasteiger partial charge in [-0.3, -0.25) is 0 Å². The number of benzene rings is 1. The van der Waals surface area contributed by atoms with Gasteiger partial charge in [0.15, 0.2) is 0 Å². The summed E-state index contributed by atoms with van der Waals surface area (Å²) < 4.78 is 0. The molecule has 0 aromatic heterocycles. The molecule has 2 heteroatoms. The minimum absolute atomic E-state index is 0. The summed E-state index contributed by atoms with van der Waals surface area (Å²) in [4.78, 5) is 0. The molecule has 2 nitrogen and oxygen atoms in total. The fourth-order valence-corrected chi connectivity index (χ4v) is 1.24. The van der Waals surface area contributed by atoms with Crippen LogP contribution in [0.15, 0.2) is 24.3 Å². The van der Waals surface area contributed by atoms with E-state index in [1.54, 1.807) is 6.07 Å². The highest BCUT2D eigenvalue weighted by atomic mass is 16.3. The second kappa shape index (κ2) is 4.28. The molecular formula is C11H19NO. The van der Waals surface area contributed by atoms with E-state index in [1.165, 1.54) is 0 Å². The molecule has 0 aliphatic carbocycles. The predicted octanol–water partition coefficient (Wildman–Crippen LogP) is 3.24. The molecule has 0 bridgehead atoms. The number of aromatic hydroxyl groups is 1. The third-order valence-electron chi connectivity index (χ3n) is 2.52. The van der Waals surface area contributed by atoms with Gasteiger partial charge in [-0.2, -0.15) is 0 Å². The van der Waals surface area contributed by atoms with E-state index in [-0.39, 0.29) is 11.6 Å². The number of hydrogen-bond donors (Lipinski definition) is 2. The van der Waals surface area contributed by atoms with E-state index in [1.807, 2.05) is 18.2 Å². The van der Waals surface area contributed by atoms with E-state index in [0.29, 0.717) is 5.75 Å². The van der Waals surface area contributed by atoms with Crippen molar-refractivity contribution in [3.8, 4) is 5.75 Å². The molecule has 1 rings (SSSR count). The van der Waals surface area contributed by atoms with Crippen molar-refractivity contribution in [2.45, 2.75) is 32.6 Å². The Balaban J connectivity index is 0.00000144. The van der Waals surface area contributed by atoms with Gasteiger partial charge in [-0.1, -0.05) is 39.0 Å². The average molecular weight is 181 g/mol. The molecule has 0 aliphatic rings. The van der Waals surface area contributed by atoms with Gasteiger partial charge in [0.25, 0.3) is 0 Å². The zero-order valence-electron chi connectivity index (χ0n) is 8.67. The lowest BCUT2D eigenvalue weighted by Crippen LogP contribution is -2.15. The van der Waals surface area contributed by atoms with Crippen LogP contribution < -0.4 is 6.15 Å². The Kier molecular flexibility index (Phi) is 3.95. The van der Waals surface area contributed by atoms with Crippen LogP contribution in [-0.2, 0) is 5.41 Å². The molecule has 0 heterocycles. The Labute approximate surface area is 80.2 Å². The van der Waals surface area contributed by atoms with Gasteiger partial charge in [0.2, 0.25) is 0 Å². The summed E-state index contributed by atoms with van der Waals surface area (Å²) in [7, 11) is 0. The minimum atomic E-state index is 0. The lowest BCUT2D eigenvalue weighted by molar-refractivity contribution is 0.429. The molecule has 0 atom stereocenters. The number of hydrogen-bond acceptors (Lipinski definition) is 2. The molecule has 0 saturated carbocycles. The van der Waals surface area contributed by atoms with Crippen LogP contribution in [0.1, 0.15) is 32.8 Å². The van der Waals surface area contributed by atoms with Crippen LogP contribution >= 0.6 is 0 Å². The molecule has 74 valence electrons. The van der Waals surface area contributed by atoms with Crippen molar-refractivity contribution in [3.05, 3.63) is 29.8 Å². The second-order valence-corrected chi connectivity index (χ2v) is 3.75. The van der Waals surface area contributed by atoms with Crippen molar-refractivity contribution in [3.63, 3.8) is 0 Å². The fraction of sp³-hybridized carbons (Fsp3) is 0.455. The molecule has 0 unspecified atom stereocenters. The maximum Gasteiger partial charge on any atom is 0.119 e. The van der Waals surface area contributed by atoms with E-state index >= 15 is 0 Å². The molecule has 4 N–H and O–H groups in total. The highest BCUT2D eigenvalue weighted by molar-refractivity contribution is 5.37. The van der Waals surface area contributed by atoms with Crippen molar-refractivity contribution in [2.24, 2.45) is 0 Å². The number of rotatable bonds is 2. The van der Waals surface area contributed by atoms with Gasteiger partial charge in [-0.15, -0.1) is 0 Å². The quantitative estimate of drug-likeness (QED) is 0.735. The summed E-state index contributed by atoms with van der Waals surface area (Å²) in [6, 6.07) is 7.54.